The van der Waals surface area contributed by atoms with E-state index in [2.05, 4.69) is 108 Å². The first kappa shape index (κ1) is 25.2. The lowest BCUT2D eigenvalue weighted by atomic mass is 10.1. The smallest absolute Gasteiger partial charge is 0.168 e. The van der Waals surface area contributed by atoms with Crippen molar-refractivity contribution in [3.8, 4) is 0 Å². The Morgan fingerprint density at radius 2 is 1.14 bits per heavy atom. The molecule has 0 fully saturated rings. The molecule has 35 heavy (non-hydrogen) atoms. The van der Waals surface area contributed by atoms with E-state index in [1.165, 1.54) is 78.1 Å². The van der Waals surface area contributed by atoms with E-state index in [1.807, 2.05) is 12.5 Å². The van der Waals surface area contributed by atoms with Crippen LogP contribution in [0.2, 0.25) is 0 Å². The molecule has 3 heteroatoms. The molecule has 4 aromatic rings. The fourth-order valence-electron chi connectivity index (χ4n) is 5.22. The zero-order valence-corrected chi connectivity index (χ0v) is 22.5. The molecule has 1 aromatic heterocycles. The summed E-state index contributed by atoms with van der Waals surface area (Å²) in [6, 6.07) is 30.4. The predicted octanol–water partition coefficient (Wildman–Crippen LogP) is 6.06. The lowest BCUT2D eigenvalue weighted by molar-refractivity contribution is 0.717. The van der Waals surface area contributed by atoms with Gasteiger partial charge >= 0.3 is 0 Å². The Kier molecular flexibility index (Phi) is 9.13. The molecular weight excluding hydrogens is 440 g/mol. The second kappa shape index (κ2) is 12.7. The maximum absolute atomic E-state index is 4.38. The van der Waals surface area contributed by atoms with Crippen molar-refractivity contribution >= 4 is 23.6 Å². The molecule has 2 nitrogen and oxygen atoms in total. The van der Waals surface area contributed by atoms with E-state index in [-0.39, 0.29) is 0 Å². The van der Waals surface area contributed by atoms with Crippen LogP contribution >= 0.6 is 0 Å². The first-order valence-electron chi connectivity index (χ1n) is 13.5. The van der Waals surface area contributed by atoms with E-state index in [0.29, 0.717) is 0 Å². The summed E-state index contributed by atoms with van der Waals surface area (Å²) >= 11 is 0. The van der Waals surface area contributed by atoms with Crippen molar-refractivity contribution in [3.05, 3.63) is 109 Å². The molecule has 0 unspecified atom stereocenters. The third-order valence-electron chi connectivity index (χ3n) is 7.28. The normalized spacial score (nSPS) is 11.6. The highest BCUT2D eigenvalue weighted by Gasteiger charge is 2.39. The van der Waals surface area contributed by atoms with Crippen LogP contribution in [0.1, 0.15) is 63.5 Å². The van der Waals surface area contributed by atoms with Crippen LogP contribution in [0.5, 0.6) is 0 Å². The highest BCUT2D eigenvalue weighted by molar-refractivity contribution is 7.10. The Labute approximate surface area is 213 Å². The molecule has 0 atom stereocenters. The number of benzene rings is 3. The van der Waals surface area contributed by atoms with Gasteiger partial charge in [-0.1, -0.05) is 118 Å². The molecule has 0 aliphatic heterocycles. The minimum atomic E-state index is -2.33. The summed E-state index contributed by atoms with van der Waals surface area (Å²) in [6.07, 6.45) is 16.9. The zero-order valence-electron chi connectivity index (χ0n) is 21.5. The molecule has 1 heterocycles. The Hall–Kier alpha value is -2.91. The molecular formula is C32H40N2Si. The van der Waals surface area contributed by atoms with Crippen molar-refractivity contribution in [1.29, 1.82) is 0 Å². The number of unbranched alkanes of at least 4 members (excludes halogenated alkanes) is 4. The molecule has 3 aromatic carbocycles. The number of aryl methyl sites for hydroxylation is 2. The molecule has 0 amide bonds. The van der Waals surface area contributed by atoms with Gasteiger partial charge in [0.1, 0.15) is 0 Å². The van der Waals surface area contributed by atoms with Crippen LogP contribution < -0.4 is 15.6 Å². The van der Waals surface area contributed by atoms with Gasteiger partial charge in [0.2, 0.25) is 0 Å². The number of nitrogens with zero attached hydrogens (tertiary/aromatic N) is 2. The first-order chi connectivity index (χ1) is 17.3. The third-order valence-corrected chi connectivity index (χ3v) is 12.1. The van der Waals surface area contributed by atoms with Gasteiger partial charge in [0, 0.05) is 18.6 Å². The van der Waals surface area contributed by atoms with Crippen LogP contribution in [-0.4, -0.2) is 17.6 Å². The van der Waals surface area contributed by atoms with Gasteiger partial charge in [-0.3, -0.25) is 0 Å². The van der Waals surface area contributed by atoms with E-state index in [0.717, 1.165) is 6.17 Å². The highest BCUT2D eigenvalue weighted by atomic mass is 28.3. The Bertz CT molecular complexity index is 1060. The van der Waals surface area contributed by atoms with Gasteiger partial charge in [-0.05, 0) is 52.4 Å². The van der Waals surface area contributed by atoms with Gasteiger partial charge in [-0.2, -0.15) is 0 Å². The summed E-state index contributed by atoms with van der Waals surface area (Å²) in [5, 5.41) is 4.39. The van der Waals surface area contributed by atoms with E-state index in [9.17, 15) is 0 Å². The molecule has 0 bridgehead atoms. The van der Waals surface area contributed by atoms with Crippen LogP contribution in [0.3, 0.4) is 0 Å². The molecule has 0 saturated carbocycles. The number of imidazole rings is 1. The number of rotatable bonds is 13. The number of hydrogen-bond acceptors (Lipinski definition) is 1. The van der Waals surface area contributed by atoms with E-state index in [1.54, 1.807) is 0 Å². The van der Waals surface area contributed by atoms with Crippen LogP contribution in [0.25, 0.3) is 0 Å². The second-order valence-electron chi connectivity index (χ2n) is 9.81. The Morgan fingerprint density at radius 1 is 0.629 bits per heavy atom. The second-order valence-corrected chi connectivity index (χ2v) is 13.7. The molecule has 0 saturated heterocycles. The van der Waals surface area contributed by atoms with Crippen molar-refractivity contribution in [1.82, 2.24) is 9.55 Å². The minimum absolute atomic E-state index is 0.946. The van der Waals surface area contributed by atoms with Gasteiger partial charge in [0.25, 0.3) is 0 Å². The van der Waals surface area contributed by atoms with Gasteiger partial charge in [-0.15, -0.1) is 0 Å². The Balaban J connectivity index is 1.78. The summed E-state index contributed by atoms with van der Waals surface area (Å²) in [5.74, 6) is 0. The number of aromatic nitrogens is 2. The van der Waals surface area contributed by atoms with Gasteiger partial charge in [0.05, 0.1) is 6.33 Å². The van der Waals surface area contributed by atoms with Crippen LogP contribution in [0.15, 0.2) is 97.6 Å². The summed E-state index contributed by atoms with van der Waals surface area (Å²) in [5.41, 5.74) is 2.90. The van der Waals surface area contributed by atoms with E-state index in [4.69, 9.17) is 0 Å². The third kappa shape index (κ3) is 6.21. The van der Waals surface area contributed by atoms with Gasteiger partial charge in [-0.25, -0.2) is 4.98 Å². The van der Waals surface area contributed by atoms with E-state index < -0.39 is 8.07 Å². The van der Waals surface area contributed by atoms with Crippen molar-refractivity contribution in [2.24, 2.45) is 0 Å². The molecule has 0 N–H and O–H groups in total. The van der Waals surface area contributed by atoms with Crippen molar-refractivity contribution < 1.29 is 0 Å². The average molecular weight is 481 g/mol. The number of hydrogen-bond donors (Lipinski definition) is 0. The van der Waals surface area contributed by atoms with Gasteiger partial charge in [0.15, 0.2) is 8.07 Å². The predicted molar refractivity (Wildman–Crippen MR) is 153 cm³/mol. The fourth-order valence-corrected chi connectivity index (χ4v) is 9.74. The molecule has 182 valence electrons. The van der Waals surface area contributed by atoms with Crippen LogP contribution in [-0.2, 0) is 19.0 Å². The molecule has 4 rings (SSSR count). The molecule has 0 spiro atoms. The maximum atomic E-state index is 4.38. The zero-order chi connectivity index (χ0) is 24.3. The maximum Gasteiger partial charge on any atom is 0.168 e. The summed E-state index contributed by atoms with van der Waals surface area (Å²) < 4.78 is 2.28. The quantitative estimate of drug-likeness (QED) is 0.129. The lowest BCUT2D eigenvalue weighted by Crippen LogP contribution is -2.69. The highest BCUT2D eigenvalue weighted by Crippen LogP contribution is 2.15. The SMILES string of the molecule is CCCCCc1ccc([Si](Cn2ccnc2)(c2ccccc2)c2ccc(CCCCC)cc2)cc1. The van der Waals surface area contributed by atoms with Crippen molar-refractivity contribution in [2.45, 2.75) is 71.4 Å². The van der Waals surface area contributed by atoms with Gasteiger partial charge < -0.3 is 4.57 Å². The summed E-state index contributed by atoms with van der Waals surface area (Å²) in [7, 11) is -2.33. The van der Waals surface area contributed by atoms with Crippen molar-refractivity contribution in [3.63, 3.8) is 0 Å². The first-order valence-corrected chi connectivity index (χ1v) is 15.7. The largest absolute Gasteiger partial charge is 0.339 e. The topological polar surface area (TPSA) is 17.8 Å². The van der Waals surface area contributed by atoms with E-state index >= 15 is 0 Å². The standard InChI is InChI=1S/C32H40N2Si/c1-3-5-8-12-28-16-20-31(21-17-28)35(27-34-25-24-33-26-34,30-14-10-7-11-15-30)32-22-18-29(19-23-32)13-9-6-4-2/h7,10-11,14-26H,3-6,8-9,12-13,27H2,1-2H3. The minimum Gasteiger partial charge on any atom is -0.339 e. The summed E-state index contributed by atoms with van der Waals surface area (Å²) in [4.78, 5) is 4.38. The lowest BCUT2D eigenvalue weighted by Gasteiger charge is -2.34. The van der Waals surface area contributed by atoms with Crippen molar-refractivity contribution in [2.75, 3.05) is 0 Å². The summed E-state index contributed by atoms with van der Waals surface area (Å²) in [6.45, 7) is 4.54. The molecule has 0 radical (unpaired) electrons. The Morgan fingerprint density at radius 3 is 1.60 bits per heavy atom. The molecule has 0 aliphatic rings. The van der Waals surface area contributed by atoms with Crippen LogP contribution in [0.4, 0.5) is 0 Å². The fraction of sp³-hybridized carbons (Fsp3) is 0.344. The molecule has 0 aliphatic carbocycles. The monoisotopic (exact) mass is 480 g/mol. The van der Waals surface area contributed by atoms with Crippen LogP contribution in [0, 0.1) is 0 Å². The average Bonchev–Trinajstić information content (AvgIpc) is 3.42.